The van der Waals surface area contributed by atoms with Crippen LogP contribution in [0.2, 0.25) is 0 Å². The van der Waals surface area contributed by atoms with Gasteiger partial charge in [-0.1, -0.05) is 123 Å². The summed E-state index contributed by atoms with van der Waals surface area (Å²) in [5.74, 6) is -0.284. The molecule has 0 rings (SSSR count). The molecule has 0 N–H and O–H groups in total. The van der Waals surface area contributed by atoms with E-state index in [4.69, 9.17) is 14.2 Å². The minimum absolute atomic E-state index is 0.110. The van der Waals surface area contributed by atoms with Crippen LogP contribution in [0, 0.1) is 11.3 Å². The summed E-state index contributed by atoms with van der Waals surface area (Å²) in [6.07, 6.45) is 33.0. The maximum absolute atomic E-state index is 13.0. The first-order valence-corrected chi connectivity index (χ1v) is 21.4. The fraction of sp³-hybridized carbons (Fsp3) is 0.844. The molecule has 0 aliphatic heterocycles. The average Bonchev–Trinajstić information content (AvgIpc) is 3.07. The van der Waals surface area contributed by atoms with Gasteiger partial charge in [0.15, 0.2) is 0 Å². The zero-order chi connectivity index (χ0) is 38.7. The maximum Gasteiger partial charge on any atom is 0.306 e. The van der Waals surface area contributed by atoms with E-state index in [1.165, 1.54) is 77.0 Å². The van der Waals surface area contributed by atoms with E-state index in [2.05, 4.69) is 71.8 Å². The van der Waals surface area contributed by atoms with E-state index in [1.54, 1.807) is 0 Å². The standard InChI is InChI=1S/C45H83NO6/c1-8-10-12-14-16-18-20-22-24-30-36-51-43(48)34-28-26-32-41(52-44(49)37-40(3)38-45(4,5)39-46(6)7)31-25-27-33-42(47)50-35-29-23-21-19-17-15-13-11-9-2/h22-24,29,40-41H,8-21,25-28,30-39H2,1-7H3/b24-22-,29-23-. The van der Waals surface area contributed by atoms with Gasteiger partial charge in [-0.3, -0.25) is 14.4 Å². The van der Waals surface area contributed by atoms with E-state index in [1.807, 2.05) is 6.08 Å². The normalized spacial score (nSPS) is 13.2. The van der Waals surface area contributed by atoms with Crippen LogP contribution in [-0.4, -0.2) is 62.8 Å². The highest BCUT2D eigenvalue weighted by molar-refractivity contribution is 5.70. The summed E-state index contributed by atoms with van der Waals surface area (Å²) in [4.78, 5) is 39.8. The van der Waals surface area contributed by atoms with Crippen LogP contribution >= 0.6 is 0 Å². The second kappa shape index (κ2) is 34.6. The molecular weight excluding hydrogens is 650 g/mol. The number of esters is 3. The molecule has 0 saturated heterocycles. The van der Waals surface area contributed by atoms with Crippen LogP contribution in [0.4, 0.5) is 0 Å². The van der Waals surface area contributed by atoms with Crippen LogP contribution in [0.25, 0.3) is 0 Å². The molecule has 0 aliphatic carbocycles. The Morgan fingerprint density at radius 1 is 0.615 bits per heavy atom. The van der Waals surface area contributed by atoms with Gasteiger partial charge in [-0.15, -0.1) is 0 Å². The topological polar surface area (TPSA) is 82.1 Å². The van der Waals surface area contributed by atoms with Crippen LogP contribution in [0.15, 0.2) is 24.3 Å². The van der Waals surface area contributed by atoms with Crippen LogP contribution in [-0.2, 0) is 28.6 Å². The predicted molar refractivity (Wildman–Crippen MR) is 218 cm³/mol. The first-order valence-electron chi connectivity index (χ1n) is 21.4. The van der Waals surface area contributed by atoms with E-state index in [-0.39, 0.29) is 35.3 Å². The number of unbranched alkanes of at least 4 members (excludes halogenated alkanes) is 14. The molecule has 0 aromatic carbocycles. The second-order valence-corrected chi connectivity index (χ2v) is 16.3. The maximum atomic E-state index is 13.0. The van der Waals surface area contributed by atoms with Crippen molar-refractivity contribution in [2.24, 2.45) is 11.3 Å². The number of rotatable bonds is 36. The van der Waals surface area contributed by atoms with Crippen molar-refractivity contribution in [2.45, 2.75) is 201 Å². The lowest BCUT2D eigenvalue weighted by atomic mass is 9.82. The van der Waals surface area contributed by atoms with Gasteiger partial charge < -0.3 is 19.1 Å². The Balaban J connectivity index is 4.56. The molecule has 52 heavy (non-hydrogen) atoms. The third kappa shape index (κ3) is 34.9. The van der Waals surface area contributed by atoms with E-state index < -0.39 is 0 Å². The number of hydrogen-bond donors (Lipinski definition) is 0. The van der Waals surface area contributed by atoms with Gasteiger partial charge in [-0.05, 0) is 102 Å². The van der Waals surface area contributed by atoms with Crippen LogP contribution in [0.3, 0.4) is 0 Å². The van der Waals surface area contributed by atoms with Crippen molar-refractivity contribution in [1.29, 1.82) is 0 Å². The zero-order valence-corrected chi connectivity index (χ0v) is 35.2. The number of carbonyl (C=O) groups is 3. The Kier molecular flexibility index (Phi) is 33.2. The fourth-order valence-electron chi connectivity index (χ4n) is 7.03. The molecule has 304 valence electrons. The lowest BCUT2D eigenvalue weighted by Gasteiger charge is -2.31. The molecule has 0 heterocycles. The molecule has 0 saturated carbocycles. The third-order valence-corrected chi connectivity index (χ3v) is 9.44. The Bertz CT molecular complexity index is 927. The minimum Gasteiger partial charge on any atom is -0.465 e. The molecule has 0 amide bonds. The number of nitrogens with zero attached hydrogens (tertiary/aromatic N) is 1. The molecule has 0 spiro atoms. The summed E-state index contributed by atoms with van der Waals surface area (Å²) in [5, 5.41) is 0. The quantitative estimate of drug-likeness (QED) is 0.0274. The number of ether oxygens (including phenoxy) is 3. The van der Waals surface area contributed by atoms with Crippen molar-refractivity contribution in [2.75, 3.05) is 33.9 Å². The second-order valence-electron chi connectivity index (χ2n) is 16.3. The van der Waals surface area contributed by atoms with Gasteiger partial charge in [0.2, 0.25) is 0 Å². The van der Waals surface area contributed by atoms with Crippen molar-refractivity contribution in [1.82, 2.24) is 4.90 Å². The molecule has 0 bridgehead atoms. The molecule has 7 nitrogen and oxygen atoms in total. The summed E-state index contributed by atoms with van der Waals surface area (Å²) in [5.41, 5.74) is 0.110. The molecular formula is C45H83NO6. The largest absolute Gasteiger partial charge is 0.465 e. The van der Waals surface area contributed by atoms with Crippen molar-refractivity contribution >= 4 is 17.9 Å². The molecule has 2 atom stereocenters. The number of carbonyl (C=O) groups excluding carboxylic acids is 3. The molecule has 0 aromatic heterocycles. The first-order chi connectivity index (χ1) is 25.0. The number of allylic oxidation sites excluding steroid dienone is 2. The zero-order valence-electron chi connectivity index (χ0n) is 35.2. The van der Waals surface area contributed by atoms with Gasteiger partial charge in [0, 0.05) is 25.8 Å². The van der Waals surface area contributed by atoms with Gasteiger partial charge >= 0.3 is 17.9 Å². The summed E-state index contributed by atoms with van der Waals surface area (Å²) in [7, 11) is 4.16. The van der Waals surface area contributed by atoms with Gasteiger partial charge in [-0.25, -0.2) is 0 Å². The van der Waals surface area contributed by atoms with E-state index >= 15 is 0 Å². The highest BCUT2D eigenvalue weighted by Gasteiger charge is 2.25. The Hall–Kier alpha value is -2.15. The lowest BCUT2D eigenvalue weighted by molar-refractivity contribution is -0.151. The summed E-state index contributed by atoms with van der Waals surface area (Å²) in [6.45, 7) is 12.8. The molecule has 0 aliphatic rings. The molecule has 0 aromatic rings. The van der Waals surface area contributed by atoms with Crippen LogP contribution in [0.5, 0.6) is 0 Å². The molecule has 0 fully saturated rings. The monoisotopic (exact) mass is 734 g/mol. The van der Waals surface area contributed by atoms with E-state index in [0.29, 0.717) is 58.2 Å². The van der Waals surface area contributed by atoms with Crippen LogP contribution < -0.4 is 0 Å². The number of hydrogen-bond acceptors (Lipinski definition) is 7. The summed E-state index contributed by atoms with van der Waals surface area (Å²) in [6, 6.07) is 0. The van der Waals surface area contributed by atoms with E-state index in [0.717, 1.165) is 45.1 Å². The summed E-state index contributed by atoms with van der Waals surface area (Å²) < 4.78 is 16.8. The average molecular weight is 734 g/mol. The smallest absolute Gasteiger partial charge is 0.306 e. The van der Waals surface area contributed by atoms with Crippen molar-refractivity contribution in [3.05, 3.63) is 24.3 Å². The Morgan fingerprint density at radius 3 is 1.67 bits per heavy atom. The Labute approximate surface area is 321 Å². The highest BCUT2D eigenvalue weighted by Crippen LogP contribution is 2.28. The summed E-state index contributed by atoms with van der Waals surface area (Å²) >= 11 is 0. The SMILES string of the molecule is CCCCCCCC/C=C\CCOC(=O)CCCCC(CCCCC(=O)OC/C=C\CCCCCCCC)OC(=O)CC(C)CC(C)(C)CN(C)C. The lowest BCUT2D eigenvalue weighted by Crippen LogP contribution is -2.31. The van der Waals surface area contributed by atoms with Crippen LogP contribution in [0.1, 0.15) is 195 Å². The minimum atomic E-state index is -0.219. The van der Waals surface area contributed by atoms with Crippen molar-refractivity contribution in [3.8, 4) is 0 Å². The molecule has 0 radical (unpaired) electrons. The molecule has 2 unspecified atom stereocenters. The van der Waals surface area contributed by atoms with Crippen molar-refractivity contribution in [3.63, 3.8) is 0 Å². The third-order valence-electron chi connectivity index (χ3n) is 9.44. The Morgan fingerprint density at radius 2 is 1.12 bits per heavy atom. The highest BCUT2D eigenvalue weighted by atomic mass is 16.5. The predicted octanol–water partition coefficient (Wildman–Crippen LogP) is 12.1. The van der Waals surface area contributed by atoms with Gasteiger partial charge in [0.25, 0.3) is 0 Å². The van der Waals surface area contributed by atoms with Gasteiger partial charge in [-0.2, -0.15) is 0 Å². The van der Waals surface area contributed by atoms with Crippen molar-refractivity contribution < 1.29 is 28.6 Å². The van der Waals surface area contributed by atoms with Gasteiger partial charge in [0.05, 0.1) is 6.61 Å². The van der Waals surface area contributed by atoms with E-state index in [9.17, 15) is 14.4 Å². The first kappa shape index (κ1) is 49.9. The van der Waals surface area contributed by atoms with Gasteiger partial charge in [0.1, 0.15) is 12.7 Å². The molecule has 7 heteroatoms. The fourth-order valence-corrected chi connectivity index (χ4v) is 7.03.